The summed E-state index contributed by atoms with van der Waals surface area (Å²) in [5, 5.41) is 11.3. The third-order valence-corrected chi connectivity index (χ3v) is 9.45. The lowest BCUT2D eigenvalue weighted by molar-refractivity contribution is 0.292. The third kappa shape index (κ3) is 4.78. The van der Waals surface area contributed by atoms with E-state index in [1.807, 2.05) is 0 Å². The van der Waals surface area contributed by atoms with Gasteiger partial charge in [0, 0.05) is 60.7 Å². The van der Waals surface area contributed by atoms with Crippen molar-refractivity contribution in [3.63, 3.8) is 0 Å². The highest BCUT2D eigenvalue weighted by atomic mass is 19.1. The van der Waals surface area contributed by atoms with E-state index in [0.717, 1.165) is 32.6 Å². The standard InChI is InChI=1S/C25H23FN4O4.C7H12FN/c1-12-21-20(23(28-25(27-21)33-3)30-10-14-9-29(2)11-18(14)30)24(32)34-22(12)16-8-15(31)7-13-5-4-6-17(26)19(13)16;8-6-4-7-2-1-3-9(7)5-6/h4-8,14,18,31H,9-11H2,1-3H3;6-7H,1-5H2. The van der Waals surface area contributed by atoms with Gasteiger partial charge in [-0.05, 0) is 63.4 Å². The summed E-state index contributed by atoms with van der Waals surface area (Å²) in [6, 6.07) is 8.47. The number of nitrogens with zero attached hydrogens (tertiary/aromatic N) is 5. The number of halogens is 2. The van der Waals surface area contributed by atoms with Gasteiger partial charge in [0.1, 0.15) is 28.9 Å². The molecular formula is C32H35F2N5O4. The molecule has 0 aliphatic carbocycles. The monoisotopic (exact) mass is 591 g/mol. The van der Waals surface area contributed by atoms with Gasteiger partial charge in [-0.3, -0.25) is 4.90 Å². The molecule has 0 saturated carbocycles. The normalized spacial score (nSPS) is 25.0. The Morgan fingerprint density at radius 1 is 1.12 bits per heavy atom. The van der Waals surface area contributed by atoms with Gasteiger partial charge in [-0.1, -0.05) is 12.1 Å². The summed E-state index contributed by atoms with van der Waals surface area (Å²) in [4.78, 5) is 29.0. The maximum Gasteiger partial charge on any atom is 0.349 e. The van der Waals surface area contributed by atoms with Crippen molar-refractivity contribution in [2.24, 2.45) is 5.92 Å². The highest BCUT2D eigenvalue weighted by molar-refractivity contribution is 6.01. The van der Waals surface area contributed by atoms with E-state index < -0.39 is 17.6 Å². The molecule has 6 heterocycles. The molecule has 4 saturated heterocycles. The number of benzene rings is 2. The molecule has 0 spiro atoms. The average Bonchev–Trinajstić information content (AvgIpc) is 3.64. The molecule has 4 fully saturated rings. The summed E-state index contributed by atoms with van der Waals surface area (Å²) >= 11 is 0. The molecule has 2 aromatic carbocycles. The first kappa shape index (κ1) is 28.0. The summed E-state index contributed by atoms with van der Waals surface area (Å²) in [5.41, 5.74) is 0.587. The van der Waals surface area contributed by atoms with Crippen molar-refractivity contribution in [3.8, 4) is 23.1 Å². The molecule has 4 aromatic rings. The fraction of sp³-hybridized carbons (Fsp3) is 0.469. The van der Waals surface area contributed by atoms with Gasteiger partial charge in [0.25, 0.3) is 0 Å². The van der Waals surface area contributed by atoms with E-state index in [1.165, 1.54) is 38.2 Å². The van der Waals surface area contributed by atoms with Crippen LogP contribution >= 0.6 is 0 Å². The van der Waals surface area contributed by atoms with Crippen LogP contribution in [0.2, 0.25) is 0 Å². The highest BCUT2D eigenvalue weighted by Crippen LogP contribution is 2.41. The number of aryl methyl sites for hydroxylation is 1. The first-order chi connectivity index (χ1) is 20.7. The Morgan fingerprint density at radius 3 is 2.72 bits per heavy atom. The SMILES string of the molecule is COc1nc(N2CC3CN(C)CC32)c2c(=O)oc(-c3cc(O)cc4cccc(F)c34)c(C)c2n1.FC1CC2CCCN2C1. The van der Waals surface area contributed by atoms with Crippen LogP contribution in [0.4, 0.5) is 14.6 Å². The molecule has 4 aliphatic rings. The van der Waals surface area contributed by atoms with E-state index in [1.54, 1.807) is 19.1 Å². The molecule has 4 aliphatic heterocycles. The van der Waals surface area contributed by atoms with Crippen molar-refractivity contribution in [2.75, 3.05) is 51.8 Å². The Morgan fingerprint density at radius 2 is 1.95 bits per heavy atom. The molecule has 4 atom stereocenters. The van der Waals surface area contributed by atoms with Gasteiger partial charge < -0.3 is 24.1 Å². The van der Waals surface area contributed by atoms with E-state index in [2.05, 4.69) is 31.7 Å². The molecule has 0 bridgehead atoms. The lowest BCUT2D eigenvalue weighted by atomic mass is 9.91. The molecule has 4 unspecified atom stereocenters. The molecule has 43 heavy (non-hydrogen) atoms. The van der Waals surface area contributed by atoms with Crippen LogP contribution in [0.5, 0.6) is 11.8 Å². The van der Waals surface area contributed by atoms with Crippen LogP contribution in [0.15, 0.2) is 39.5 Å². The van der Waals surface area contributed by atoms with Gasteiger partial charge in [0.05, 0.1) is 12.6 Å². The molecule has 2 aromatic heterocycles. The van der Waals surface area contributed by atoms with Crippen molar-refractivity contribution in [3.05, 3.63) is 52.1 Å². The number of alkyl halides is 1. The molecule has 11 heteroatoms. The van der Waals surface area contributed by atoms with Gasteiger partial charge in [-0.25, -0.2) is 13.6 Å². The lowest BCUT2D eigenvalue weighted by Gasteiger charge is -2.44. The van der Waals surface area contributed by atoms with Crippen molar-refractivity contribution >= 4 is 27.5 Å². The number of hydrogen-bond acceptors (Lipinski definition) is 9. The Bertz CT molecular complexity index is 1770. The minimum absolute atomic E-state index is 0.0619. The molecule has 0 amide bonds. The Kier molecular flexibility index (Phi) is 6.97. The maximum absolute atomic E-state index is 14.9. The van der Waals surface area contributed by atoms with Crippen LogP contribution in [-0.4, -0.2) is 90.0 Å². The summed E-state index contributed by atoms with van der Waals surface area (Å²) in [7, 11) is 3.56. The molecule has 8 rings (SSSR count). The van der Waals surface area contributed by atoms with Gasteiger partial charge >= 0.3 is 11.6 Å². The number of phenols is 1. The number of hydrogen-bond donors (Lipinski definition) is 1. The number of phenolic OH excluding ortho intramolecular Hbond substituents is 1. The number of methoxy groups -OCH3 is 1. The second-order valence-electron chi connectivity index (χ2n) is 12.3. The number of ether oxygens (including phenoxy) is 1. The summed E-state index contributed by atoms with van der Waals surface area (Å²) in [5.74, 6) is 0.627. The van der Waals surface area contributed by atoms with Gasteiger partial charge in [0.2, 0.25) is 0 Å². The summed E-state index contributed by atoms with van der Waals surface area (Å²) < 4.78 is 38.6. The Labute approximate surface area is 247 Å². The molecule has 226 valence electrons. The van der Waals surface area contributed by atoms with E-state index >= 15 is 0 Å². The van der Waals surface area contributed by atoms with Crippen molar-refractivity contribution < 1.29 is 23.0 Å². The van der Waals surface area contributed by atoms with E-state index in [9.17, 15) is 18.7 Å². The van der Waals surface area contributed by atoms with Crippen molar-refractivity contribution in [1.82, 2.24) is 19.8 Å². The van der Waals surface area contributed by atoms with Gasteiger partial charge in [0.15, 0.2) is 5.82 Å². The number of aromatic hydroxyl groups is 1. The second kappa shape index (κ2) is 10.7. The topological polar surface area (TPSA) is 95.2 Å². The van der Waals surface area contributed by atoms with Crippen LogP contribution < -0.4 is 15.3 Å². The number of aromatic nitrogens is 2. The molecule has 1 N–H and O–H groups in total. The zero-order valence-corrected chi connectivity index (χ0v) is 24.5. The van der Waals surface area contributed by atoms with Crippen molar-refractivity contribution in [1.29, 1.82) is 0 Å². The largest absolute Gasteiger partial charge is 0.508 e. The number of anilines is 1. The van der Waals surface area contributed by atoms with Crippen molar-refractivity contribution in [2.45, 2.75) is 44.4 Å². The number of fused-ring (bicyclic) bond motifs is 4. The first-order valence-electron chi connectivity index (χ1n) is 14.9. The van der Waals surface area contributed by atoms with Crippen LogP contribution in [0, 0.1) is 18.7 Å². The highest BCUT2D eigenvalue weighted by Gasteiger charge is 2.46. The first-order valence-corrected chi connectivity index (χ1v) is 14.9. The van der Waals surface area contributed by atoms with Crippen LogP contribution in [-0.2, 0) is 0 Å². The zero-order chi connectivity index (χ0) is 30.0. The summed E-state index contributed by atoms with van der Waals surface area (Å²) in [6.45, 7) is 6.29. The third-order valence-electron chi connectivity index (χ3n) is 9.45. The predicted molar refractivity (Wildman–Crippen MR) is 160 cm³/mol. The maximum atomic E-state index is 14.9. The minimum Gasteiger partial charge on any atom is -0.508 e. The minimum atomic E-state index is -0.615. The average molecular weight is 592 g/mol. The van der Waals surface area contributed by atoms with E-state index in [-0.39, 0.29) is 39.9 Å². The fourth-order valence-corrected chi connectivity index (χ4v) is 7.44. The van der Waals surface area contributed by atoms with E-state index in [4.69, 9.17) is 9.15 Å². The Balaban J connectivity index is 0.000000283. The number of likely N-dealkylation sites (N-methyl/N-ethyl adjacent to an activating group) is 1. The van der Waals surface area contributed by atoms with Gasteiger partial charge in [-0.2, -0.15) is 9.97 Å². The fourth-order valence-electron chi connectivity index (χ4n) is 7.44. The quantitative estimate of drug-likeness (QED) is 0.369. The number of likely N-dealkylation sites (tertiary alicyclic amines) is 1. The molecule has 9 nitrogen and oxygen atoms in total. The lowest BCUT2D eigenvalue weighted by Crippen LogP contribution is -2.56. The van der Waals surface area contributed by atoms with Crippen LogP contribution in [0.25, 0.3) is 33.0 Å². The zero-order valence-electron chi connectivity index (χ0n) is 24.5. The second-order valence-corrected chi connectivity index (χ2v) is 12.3. The van der Waals surface area contributed by atoms with Gasteiger partial charge in [-0.15, -0.1) is 0 Å². The van der Waals surface area contributed by atoms with E-state index in [0.29, 0.717) is 40.8 Å². The smallest absolute Gasteiger partial charge is 0.349 e. The molecular weight excluding hydrogens is 556 g/mol. The summed E-state index contributed by atoms with van der Waals surface area (Å²) in [6.07, 6.45) is 2.81. The predicted octanol–water partition coefficient (Wildman–Crippen LogP) is 4.51. The number of rotatable bonds is 3. The Hall–Kier alpha value is -3.83. The molecule has 0 radical (unpaired) electrons. The van der Waals surface area contributed by atoms with Crippen LogP contribution in [0.3, 0.4) is 0 Å². The van der Waals surface area contributed by atoms with Crippen LogP contribution in [0.1, 0.15) is 24.8 Å².